The minimum absolute atomic E-state index is 0.00529. The number of methoxy groups -OCH3 is 3. The molecule has 0 aromatic carbocycles. The van der Waals surface area contributed by atoms with Gasteiger partial charge in [-0.05, 0) is 114 Å². The number of aliphatic hydroxyl groups excluding tert-OH is 1. The van der Waals surface area contributed by atoms with Crippen LogP contribution in [-0.2, 0) is 66.0 Å². The Morgan fingerprint density at radius 1 is 0.878 bits per heavy atom. The molecule has 0 aromatic rings. The molecular weight excluding hydrogens is 974 g/mol. The van der Waals surface area contributed by atoms with Gasteiger partial charge in [0.05, 0.1) is 43.7 Å². The van der Waals surface area contributed by atoms with Crippen molar-refractivity contribution in [3.63, 3.8) is 0 Å². The van der Waals surface area contributed by atoms with Crippen LogP contribution in [0.1, 0.15) is 132 Å². The number of amides is 1. The summed E-state index contributed by atoms with van der Waals surface area (Å²) in [7, 11) is 1.08. The Balaban J connectivity index is 1.68. The highest BCUT2D eigenvalue weighted by Gasteiger charge is 2.53. The lowest BCUT2D eigenvalue weighted by atomic mass is 9.78. The molecule has 0 radical (unpaired) electrons. The van der Waals surface area contributed by atoms with Crippen LogP contribution in [0.15, 0.2) is 47.6 Å². The molecule has 2 saturated heterocycles. The predicted octanol–water partition coefficient (Wildman–Crippen LogP) is 8.08. The second kappa shape index (κ2) is 30.1. The van der Waals surface area contributed by atoms with E-state index in [1.807, 2.05) is 65.0 Å². The zero-order chi connectivity index (χ0) is 54.9. The Morgan fingerprint density at radius 2 is 1.61 bits per heavy atom. The van der Waals surface area contributed by atoms with Crippen molar-refractivity contribution in [3.8, 4) is 0 Å². The number of hydrogen-bond acceptors (Lipinski definition) is 16. The maximum Gasteiger partial charge on any atom is 0.329 e. The number of esters is 1. The summed E-state index contributed by atoms with van der Waals surface area (Å²) in [5.74, 6) is -8.31. The van der Waals surface area contributed by atoms with Gasteiger partial charge in [0.15, 0.2) is 11.6 Å². The van der Waals surface area contributed by atoms with Crippen LogP contribution in [0.2, 0.25) is 0 Å². The molecule has 4 unspecified atom stereocenters. The number of piperidine rings is 1. The quantitative estimate of drug-likeness (QED) is 0.0770. The van der Waals surface area contributed by atoms with Crippen LogP contribution in [0.25, 0.3) is 0 Å². The number of aliphatic hydroxyl groups is 2. The van der Waals surface area contributed by atoms with Gasteiger partial charge in [-0.2, -0.15) is 0 Å². The van der Waals surface area contributed by atoms with Gasteiger partial charge in [-0.1, -0.05) is 71.1 Å². The van der Waals surface area contributed by atoms with Crippen LogP contribution in [0.4, 0.5) is 0 Å². The van der Waals surface area contributed by atoms with E-state index in [-0.39, 0.29) is 61.6 Å². The Kier molecular flexibility index (Phi) is 25.7. The summed E-state index contributed by atoms with van der Waals surface area (Å²) in [4.78, 5) is 72.5. The number of ketones is 3. The third-order valence-electron chi connectivity index (χ3n) is 15.5. The maximum absolute atomic E-state index is 14.6. The summed E-state index contributed by atoms with van der Waals surface area (Å²) in [5.41, 5.74) is 1.16. The zero-order valence-electron chi connectivity index (χ0n) is 46.4. The van der Waals surface area contributed by atoms with Crippen molar-refractivity contribution in [2.45, 2.75) is 187 Å². The number of rotatable bonds is 13. The highest BCUT2D eigenvalue weighted by molar-refractivity contribution is 7.53. The molecule has 420 valence electrons. The summed E-state index contributed by atoms with van der Waals surface area (Å²) in [6, 6.07) is -1.18. The van der Waals surface area contributed by atoms with E-state index in [4.69, 9.17) is 37.5 Å². The van der Waals surface area contributed by atoms with Gasteiger partial charge in [-0.3, -0.25) is 23.7 Å². The Hall–Kier alpha value is -3.22. The van der Waals surface area contributed by atoms with E-state index >= 15 is 0 Å². The predicted molar refractivity (Wildman–Crippen MR) is 280 cm³/mol. The van der Waals surface area contributed by atoms with E-state index in [0.717, 1.165) is 5.57 Å². The van der Waals surface area contributed by atoms with Crippen molar-refractivity contribution in [3.05, 3.63) is 47.6 Å². The maximum atomic E-state index is 14.6. The summed E-state index contributed by atoms with van der Waals surface area (Å²) < 4.78 is 60.0. The molecule has 1 aliphatic carbocycles. The molecule has 3 aliphatic heterocycles. The van der Waals surface area contributed by atoms with Gasteiger partial charge in [-0.25, -0.2) is 4.79 Å². The van der Waals surface area contributed by atoms with Crippen LogP contribution in [0, 0.1) is 35.5 Å². The minimum Gasteiger partial charge on any atom is -0.460 e. The van der Waals surface area contributed by atoms with E-state index in [0.29, 0.717) is 70.8 Å². The summed E-state index contributed by atoms with van der Waals surface area (Å²) in [6.07, 6.45) is 10.7. The first-order valence-electron chi connectivity index (χ1n) is 27.0. The van der Waals surface area contributed by atoms with Gasteiger partial charge in [0, 0.05) is 71.7 Å². The second-order valence-corrected chi connectivity index (χ2v) is 23.5. The third kappa shape index (κ3) is 17.9. The average molecular weight is 1060 g/mol. The SMILES string of the molecule is CCOCCOP(C)(=O)O[C@@H]1CC[C@@H](C[C@@H](C)[C@@H]2CC(=O)C(C)=CC(C)[C@@H](O)[C@@H](OC)C(=O)[C@H](C)C[C@H](C)C=CC=CC=C(C)[C@@H](OC)CC3CC[C@@H](C)[C@@](O)(O3)C(=O)C(=O)N3CCCCC3C(=O)O2)C[C@H]1OC. The second-order valence-electron chi connectivity index (χ2n) is 21.5. The number of Topliss-reactive ketones (excluding diaryl/α,β-unsaturated/α-hetero) is 3. The zero-order valence-corrected chi connectivity index (χ0v) is 47.3. The van der Waals surface area contributed by atoms with Gasteiger partial charge >= 0.3 is 13.6 Å². The number of hydrogen-bond donors (Lipinski definition) is 2. The number of carbonyl (C=O) groups excluding carboxylic acids is 5. The molecule has 0 spiro atoms. The molecule has 1 amide bonds. The van der Waals surface area contributed by atoms with Crippen LogP contribution in [0.3, 0.4) is 0 Å². The fourth-order valence-electron chi connectivity index (χ4n) is 10.9. The van der Waals surface area contributed by atoms with Gasteiger partial charge in [0.25, 0.3) is 11.7 Å². The fraction of sp³-hybridized carbons (Fsp3) is 0.768. The number of ether oxygens (including phenoxy) is 6. The Morgan fingerprint density at radius 3 is 2.28 bits per heavy atom. The number of allylic oxidation sites excluding steroid dienone is 6. The number of cyclic esters (lactones) is 1. The fourth-order valence-corrected chi connectivity index (χ4v) is 12.1. The van der Waals surface area contributed by atoms with Crippen LogP contribution in [0.5, 0.6) is 0 Å². The lowest BCUT2D eigenvalue weighted by Gasteiger charge is -2.42. The Bertz CT molecular complexity index is 2040. The van der Waals surface area contributed by atoms with Gasteiger partial charge in [0.1, 0.15) is 18.2 Å². The summed E-state index contributed by atoms with van der Waals surface area (Å²) >= 11 is 0. The van der Waals surface area contributed by atoms with Gasteiger partial charge < -0.3 is 52.6 Å². The highest BCUT2D eigenvalue weighted by Crippen LogP contribution is 2.48. The monoisotopic (exact) mass is 1060 g/mol. The lowest BCUT2D eigenvalue weighted by molar-refractivity contribution is -0.265. The number of nitrogens with zero attached hydrogens (tertiary/aromatic N) is 1. The molecule has 17 nitrogen and oxygen atoms in total. The molecule has 0 aromatic heterocycles. The third-order valence-corrected chi connectivity index (χ3v) is 16.9. The standard InChI is InChI=1S/C56H90NO16P/c1-13-69-27-28-70-74(12,65)73-46-25-23-42(32-49(46)67-10)31-38(5)48-34-45(58)37(4)30-40(7)51(60)52(68-11)50(59)39(6)29-35(2)19-15-14-16-20-36(3)47(66-9)33-43-24-22-41(8)56(64,72-43)53(61)54(62)57-26-18-17-21-44(57)55(63)71-48/h14-16,19-20,30,35,38-44,46-49,51-52,60,64H,13,17-18,21-29,31-34H2,1-12H3/t35-,38-,39-,40?,41-,42+,43?,44?,46-,47+,48+,49-,51-,52+,56-,74?/m1/s1. The van der Waals surface area contributed by atoms with Crippen molar-refractivity contribution in [1.82, 2.24) is 4.90 Å². The molecule has 18 heteroatoms. The normalized spacial score (nSPS) is 35.6. The van der Waals surface area contributed by atoms with E-state index < -0.39 is 103 Å². The van der Waals surface area contributed by atoms with Crippen LogP contribution < -0.4 is 0 Å². The van der Waals surface area contributed by atoms with Crippen LogP contribution >= 0.6 is 7.60 Å². The van der Waals surface area contributed by atoms with E-state index in [2.05, 4.69) is 0 Å². The molecule has 74 heavy (non-hydrogen) atoms. The van der Waals surface area contributed by atoms with Crippen LogP contribution in [-0.4, -0.2) is 153 Å². The lowest BCUT2D eigenvalue weighted by Crippen LogP contribution is -2.61. The molecular formula is C56H90NO16P. The molecule has 2 bridgehead atoms. The van der Waals surface area contributed by atoms with Gasteiger partial charge in [0.2, 0.25) is 5.79 Å². The largest absolute Gasteiger partial charge is 0.460 e. The summed E-state index contributed by atoms with van der Waals surface area (Å²) in [5, 5.41) is 23.6. The molecule has 1 saturated carbocycles. The number of carbonyl (C=O) groups is 5. The van der Waals surface area contributed by atoms with Crippen molar-refractivity contribution in [2.75, 3.05) is 54.4 Å². The molecule has 3 heterocycles. The molecule has 16 atom stereocenters. The highest BCUT2D eigenvalue weighted by atomic mass is 31.2. The first-order chi connectivity index (χ1) is 35.0. The Labute approximate surface area is 441 Å². The molecule has 2 N–H and O–H groups in total. The van der Waals surface area contributed by atoms with Crippen molar-refractivity contribution < 1.29 is 76.2 Å². The van der Waals surface area contributed by atoms with E-state index in [1.165, 1.54) is 18.7 Å². The van der Waals surface area contributed by atoms with Crippen molar-refractivity contribution in [2.24, 2.45) is 35.5 Å². The first kappa shape index (κ1) is 63.3. The smallest absolute Gasteiger partial charge is 0.329 e. The van der Waals surface area contributed by atoms with Gasteiger partial charge in [-0.15, -0.1) is 0 Å². The molecule has 3 fully saturated rings. The molecule has 4 rings (SSSR count). The van der Waals surface area contributed by atoms with E-state index in [1.54, 1.807) is 41.1 Å². The average Bonchev–Trinajstić information content (AvgIpc) is 3.36. The van der Waals surface area contributed by atoms with Crippen molar-refractivity contribution in [1.29, 1.82) is 0 Å². The minimum atomic E-state index is -3.44. The summed E-state index contributed by atoms with van der Waals surface area (Å²) in [6.45, 7) is 16.9. The first-order valence-corrected chi connectivity index (χ1v) is 29.0. The molecule has 4 aliphatic rings. The topological polar surface area (TPSA) is 220 Å². The van der Waals surface area contributed by atoms with Crippen molar-refractivity contribution >= 4 is 36.8 Å². The number of fused-ring (bicyclic) bond motifs is 3. The van der Waals surface area contributed by atoms with E-state index in [9.17, 15) is 38.8 Å².